The van der Waals surface area contributed by atoms with Gasteiger partial charge in [0.2, 0.25) is 0 Å². The number of ether oxygens (including phenoxy) is 1. The summed E-state index contributed by atoms with van der Waals surface area (Å²) in [5.41, 5.74) is 2.33. The van der Waals surface area contributed by atoms with Crippen LogP contribution in [0.25, 0.3) is 6.08 Å². The van der Waals surface area contributed by atoms with E-state index in [1.54, 1.807) is 30.3 Å². The van der Waals surface area contributed by atoms with Gasteiger partial charge in [0.1, 0.15) is 18.2 Å². The summed E-state index contributed by atoms with van der Waals surface area (Å²) in [4.78, 5) is 17.2. The van der Waals surface area contributed by atoms with Gasteiger partial charge in [-0.05, 0) is 100 Å². The summed E-state index contributed by atoms with van der Waals surface area (Å²) in [5.74, 6) is 0.156. The summed E-state index contributed by atoms with van der Waals surface area (Å²) in [6.07, 6.45) is 1.79. The van der Waals surface area contributed by atoms with Crippen LogP contribution in [0.2, 0.25) is 10.0 Å². The largest absolute Gasteiger partial charge is 0.488 e. The van der Waals surface area contributed by atoms with E-state index in [1.807, 2.05) is 24.3 Å². The molecule has 4 rings (SSSR count). The van der Waals surface area contributed by atoms with Gasteiger partial charge < -0.3 is 10.1 Å². The topological polar surface area (TPSA) is 50.7 Å². The molecule has 1 aliphatic rings. The molecule has 0 atom stereocenters. The van der Waals surface area contributed by atoms with Gasteiger partial charge in [0, 0.05) is 0 Å². The summed E-state index contributed by atoms with van der Waals surface area (Å²) < 4.78 is 19.8. The van der Waals surface area contributed by atoms with Crippen LogP contribution in [0.15, 0.2) is 70.6 Å². The quantitative estimate of drug-likeness (QED) is 0.249. The number of hydrogen-bond donors (Lipinski definition) is 1. The summed E-state index contributed by atoms with van der Waals surface area (Å²) in [6.45, 7) is 0.356. The van der Waals surface area contributed by atoms with Crippen molar-refractivity contribution in [3.05, 3.63) is 96.1 Å². The number of carbonyl (C=O) groups excluding carboxylic acids is 1. The molecule has 1 N–H and O–H groups in total. The maximum absolute atomic E-state index is 13.0. The second kappa shape index (κ2) is 10.2. The van der Waals surface area contributed by atoms with Crippen molar-refractivity contribution in [1.82, 2.24) is 5.32 Å². The van der Waals surface area contributed by atoms with Crippen molar-refractivity contribution in [2.24, 2.45) is 4.99 Å². The van der Waals surface area contributed by atoms with Crippen LogP contribution in [0.4, 0.5) is 10.1 Å². The Morgan fingerprint density at radius 3 is 2.56 bits per heavy atom. The summed E-state index contributed by atoms with van der Waals surface area (Å²) in [6, 6.07) is 16.8. The minimum Gasteiger partial charge on any atom is -0.488 e. The number of benzene rings is 3. The van der Waals surface area contributed by atoms with Gasteiger partial charge >= 0.3 is 0 Å². The lowest BCUT2D eigenvalue weighted by Crippen LogP contribution is -2.19. The molecule has 0 radical (unpaired) electrons. The average Bonchev–Trinajstić information content (AvgIpc) is 3.10. The highest BCUT2D eigenvalue weighted by atomic mass is 127. The lowest BCUT2D eigenvalue weighted by molar-refractivity contribution is -0.115. The third-order valence-corrected chi connectivity index (χ3v) is 6.83. The Labute approximate surface area is 212 Å². The first-order chi connectivity index (χ1) is 15.4. The molecule has 0 spiro atoms. The van der Waals surface area contributed by atoms with Gasteiger partial charge in [0.25, 0.3) is 5.91 Å². The minimum absolute atomic E-state index is 0.231. The second-order valence-electron chi connectivity index (χ2n) is 6.69. The normalized spacial score (nSPS) is 15.9. The number of nitrogens with zero attached hydrogens (tertiary/aromatic N) is 1. The second-order valence-corrected chi connectivity index (χ2v) is 9.69. The first-order valence-electron chi connectivity index (χ1n) is 9.29. The molecule has 1 heterocycles. The van der Waals surface area contributed by atoms with E-state index in [-0.39, 0.29) is 11.7 Å². The highest BCUT2D eigenvalue weighted by molar-refractivity contribution is 14.1. The van der Waals surface area contributed by atoms with Crippen molar-refractivity contribution in [3.63, 3.8) is 0 Å². The maximum atomic E-state index is 13.0. The van der Waals surface area contributed by atoms with Crippen LogP contribution in [0.5, 0.6) is 5.75 Å². The van der Waals surface area contributed by atoms with Crippen LogP contribution in [0, 0.1) is 9.39 Å². The average molecular weight is 599 g/mol. The molecule has 1 fully saturated rings. The van der Waals surface area contributed by atoms with Crippen LogP contribution in [-0.4, -0.2) is 11.1 Å². The Bertz CT molecular complexity index is 1250. The van der Waals surface area contributed by atoms with E-state index in [4.69, 9.17) is 27.9 Å². The van der Waals surface area contributed by atoms with Crippen LogP contribution in [0.3, 0.4) is 0 Å². The number of amides is 1. The molecule has 4 nitrogen and oxygen atoms in total. The van der Waals surface area contributed by atoms with E-state index in [0.29, 0.717) is 32.4 Å². The lowest BCUT2D eigenvalue weighted by Gasteiger charge is -2.10. The van der Waals surface area contributed by atoms with Gasteiger partial charge in [-0.15, -0.1) is 0 Å². The van der Waals surface area contributed by atoms with Gasteiger partial charge in [-0.2, -0.15) is 0 Å². The molecule has 1 amide bonds. The zero-order valence-electron chi connectivity index (χ0n) is 16.2. The fourth-order valence-corrected chi connectivity index (χ4v) is 4.64. The molecule has 1 saturated heterocycles. The molecule has 0 bridgehead atoms. The van der Waals surface area contributed by atoms with E-state index < -0.39 is 0 Å². The van der Waals surface area contributed by atoms with E-state index in [2.05, 4.69) is 32.9 Å². The van der Waals surface area contributed by atoms with Crippen molar-refractivity contribution in [2.45, 2.75) is 6.61 Å². The zero-order valence-corrected chi connectivity index (χ0v) is 20.7. The van der Waals surface area contributed by atoms with Gasteiger partial charge in [-0.25, -0.2) is 9.38 Å². The fourth-order valence-electron chi connectivity index (χ4n) is 2.78. The molecule has 0 aromatic heterocycles. The Balaban J connectivity index is 1.44. The molecular weight excluding hydrogens is 585 g/mol. The lowest BCUT2D eigenvalue weighted by atomic mass is 10.2. The molecule has 9 heteroatoms. The third-order valence-electron chi connectivity index (χ3n) is 4.34. The number of rotatable bonds is 5. The fraction of sp³-hybridized carbons (Fsp3) is 0.0435. The SMILES string of the molecule is O=C1NC(=Nc2ccc(F)cc2)S/C1=C/c1ccc(OCc2ccc(Cl)c(Cl)c2)c(I)c1. The molecule has 3 aromatic carbocycles. The number of aliphatic imine (C=N–C) groups is 1. The molecule has 0 saturated carbocycles. The van der Waals surface area contributed by atoms with E-state index in [9.17, 15) is 9.18 Å². The Kier molecular flexibility index (Phi) is 7.40. The number of amidine groups is 1. The maximum Gasteiger partial charge on any atom is 0.264 e. The molecule has 32 heavy (non-hydrogen) atoms. The van der Waals surface area contributed by atoms with E-state index >= 15 is 0 Å². The standard InChI is InChI=1S/C23H14Cl2FIN2O2S/c24-17-7-1-14(9-18(17)25)12-31-20-8-2-13(10-19(20)27)11-21-22(30)29-23(32-21)28-16-5-3-15(26)4-6-16/h1-11H,12H2,(H,28,29,30)/b21-11+. The highest BCUT2D eigenvalue weighted by Gasteiger charge is 2.23. The van der Waals surface area contributed by atoms with Crippen molar-refractivity contribution in [2.75, 3.05) is 0 Å². The third kappa shape index (κ3) is 5.83. The molecule has 162 valence electrons. The predicted octanol–water partition coefficient (Wildman–Crippen LogP) is 7.21. The molecule has 1 aliphatic heterocycles. The summed E-state index contributed by atoms with van der Waals surface area (Å²) in [5, 5.41) is 4.16. The Morgan fingerprint density at radius 1 is 1.06 bits per heavy atom. The minimum atomic E-state index is -0.336. The van der Waals surface area contributed by atoms with Crippen molar-refractivity contribution in [3.8, 4) is 5.75 Å². The highest BCUT2D eigenvalue weighted by Crippen LogP contribution is 2.30. The monoisotopic (exact) mass is 598 g/mol. The molecule has 0 unspecified atom stereocenters. The summed E-state index contributed by atoms with van der Waals surface area (Å²) in [7, 11) is 0. The summed E-state index contributed by atoms with van der Waals surface area (Å²) >= 11 is 15.4. The molecular formula is C23H14Cl2FIN2O2S. The van der Waals surface area contributed by atoms with Crippen LogP contribution in [0.1, 0.15) is 11.1 Å². The Morgan fingerprint density at radius 2 is 1.84 bits per heavy atom. The zero-order chi connectivity index (χ0) is 22.7. The van der Waals surface area contributed by atoms with Gasteiger partial charge in [-0.3, -0.25) is 4.79 Å². The Hall–Kier alpha value is -2.07. The number of thioether (sulfide) groups is 1. The van der Waals surface area contributed by atoms with E-state index in [1.165, 1.54) is 23.9 Å². The van der Waals surface area contributed by atoms with Crippen molar-refractivity contribution in [1.29, 1.82) is 0 Å². The first-order valence-corrected chi connectivity index (χ1v) is 11.9. The van der Waals surface area contributed by atoms with Crippen molar-refractivity contribution >= 4 is 80.4 Å². The van der Waals surface area contributed by atoms with Gasteiger partial charge in [0.05, 0.1) is 24.2 Å². The molecule has 0 aliphatic carbocycles. The number of nitrogens with one attached hydrogen (secondary N) is 1. The number of halogens is 4. The molecule has 3 aromatic rings. The predicted molar refractivity (Wildman–Crippen MR) is 137 cm³/mol. The number of hydrogen-bond acceptors (Lipinski definition) is 4. The smallest absolute Gasteiger partial charge is 0.264 e. The first kappa shape index (κ1) is 23.1. The van der Waals surface area contributed by atoms with Crippen molar-refractivity contribution < 1.29 is 13.9 Å². The number of carbonyl (C=O) groups is 1. The van der Waals surface area contributed by atoms with Crippen LogP contribution in [-0.2, 0) is 11.4 Å². The van der Waals surface area contributed by atoms with Crippen LogP contribution < -0.4 is 10.1 Å². The van der Waals surface area contributed by atoms with Gasteiger partial charge in [-0.1, -0.05) is 35.3 Å². The van der Waals surface area contributed by atoms with Gasteiger partial charge in [0.15, 0.2) is 5.17 Å². The van der Waals surface area contributed by atoms with E-state index in [0.717, 1.165) is 20.4 Å². The van der Waals surface area contributed by atoms with Crippen LogP contribution >= 0.6 is 57.6 Å².